The van der Waals surface area contributed by atoms with Gasteiger partial charge in [-0.1, -0.05) is 38.1 Å². The number of rotatable bonds is 5. The first-order valence-corrected chi connectivity index (χ1v) is 5.83. The summed E-state index contributed by atoms with van der Waals surface area (Å²) >= 11 is 0. The zero-order valence-electron chi connectivity index (χ0n) is 10.6. The first kappa shape index (κ1) is 13.7. The van der Waals surface area contributed by atoms with Crippen molar-refractivity contribution in [2.24, 2.45) is 0 Å². The van der Waals surface area contributed by atoms with Gasteiger partial charge in [0.2, 0.25) is 0 Å². The van der Waals surface area contributed by atoms with E-state index in [1.807, 2.05) is 24.3 Å². The predicted molar refractivity (Wildman–Crippen MR) is 67.1 cm³/mol. The van der Waals surface area contributed by atoms with Crippen molar-refractivity contribution in [3.63, 3.8) is 0 Å². The molecule has 1 aromatic carbocycles. The smallest absolute Gasteiger partial charge is 0.306 e. The van der Waals surface area contributed by atoms with E-state index in [1.54, 1.807) is 6.92 Å². The molecule has 0 aromatic heterocycles. The Morgan fingerprint density at radius 3 is 2.24 bits per heavy atom. The van der Waals surface area contributed by atoms with Gasteiger partial charge >= 0.3 is 5.97 Å². The van der Waals surface area contributed by atoms with E-state index in [-0.39, 0.29) is 6.42 Å². The van der Waals surface area contributed by atoms with Crippen molar-refractivity contribution >= 4 is 5.97 Å². The van der Waals surface area contributed by atoms with Crippen molar-refractivity contribution in [1.82, 2.24) is 0 Å². The van der Waals surface area contributed by atoms with Crippen molar-refractivity contribution in [3.8, 4) is 0 Å². The highest BCUT2D eigenvalue weighted by atomic mass is 16.4. The summed E-state index contributed by atoms with van der Waals surface area (Å²) in [5, 5.41) is 18.6. The molecular formula is C14H20O3. The molecule has 1 atom stereocenters. The third-order valence-corrected chi connectivity index (χ3v) is 2.76. The highest BCUT2D eigenvalue weighted by molar-refractivity contribution is 5.68. The summed E-state index contributed by atoms with van der Waals surface area (Å²) in [4.78, 5) is 10.6. The zero-order valence-corrected chi connectivity index (χ0v) is 10.6. The van der Waals surface area contributed by atoms with E-state index in [9.17, 15) is 9.90 Å². The van der Waals surface area contributed by atoms with Crippen LogP contribution in [0, 0.1) is 0 Å². The van der Waals surface area contributed by atoms with Gasteiger partial charge in [0, 0.05) is 6.42 Å². The SMILES string of the molecule is CC(C)c1ccc(CC(C)(O)CC(=O)O)cc1. The summed E-state index contributed by atoms with van der Waals surface area (Å²) in [6.07, 6.45) is 0.122. The number of carboxylic acids is 1. The lowest BCUT2D eigenvalue weighted by Crippen LogP contribution is -2.30. The number of aliphatic carboxylic acids is 1. The topological polar surface area (TPSA) is 57.5 Å². The molecule has 0 saturated carbocycles. The van der Waals surface area contributed by atoms with E-state index in [4.69, 9.17) is 5.11 Å². The second kappa shape index (κ2) is 5.32. The molecule has 2 N–H and O–H groups in total. The molecule has 94 valence electrons. The lowest BCUT2D eigenvalue weighted by atomic mass is 9.92. The normalized spacial score (nSPS) is 14.6. The minimum absolute atomic E-state index is 0.237. The first-order chi connectivity index (χ1) is 7.80. The zero-order chi connectivity index (χ0) is 13.1. The van der Waals surface area contributed by atoms with E-state index in [0.29, 0.717) is 12.3 Å². The van der Waals surface area contributed by atoms with Crippen LogP contribution in [0.1, 0.15) is 44.2 Å². The lowest BCUT2D eigenvalue weighted by Gasteiger charge is -2.21. The molecule has 1 rings (SSSR count). The van der Waals surface area contributed by atoms with Crippen molar-refractivity contribution in [2.45, 2.75) is 45.1 Å². The Balaban J connectivity index is 2.71. The van der Waals surface area contributed by atoms with Crippen molar-refractivity contribution < 1.29 is 15.0 Å². The van der Waals surface area contributed by atoms with Crippen LogP contribution in [0.2, 0.25) is 0 Å². The summed E-state index contributed by atoms with van der Waals surface area (Å²) in [6.45, 7) is 5.79. The van der Waals surface area contributed by atoms with Crippen molar-refractivity contribution in [3.05, 3.63) is 35.4 Å². The Morgan fingerprint density at radius 2 is 1.82 bits per heavy atom. The summed E-state index contributed by atoms with van der Waals surface area (Å²) in [5.74, 6) is -0.502. The van der Waals surface area contributed by atoms with E-state index >= 15 is 0 Å². The molecule has 0 amide bonds. The van der Waals surface area contributed by atoms with Gasteiger partial charge in [0.1, 0.15) is 0 Å². The maximum absolute atomic E-state index is 10.6. The Morgan fingerprint density at radius 1 is 1.29 bits per heavy atom. The standard InChI is InChI=1S/C14H20O3/c1-10(2)12-6-4-11(5-7-12)8-14(3,17)9-13(15)16/h4-7,10,17H,8-9H2,1-3H3,(H,15,16). The van der Waals surface area contributed by atoms with Crippen LogP contribution >= 0.6 is 0 Å². The van der Waals surface area contributed by atoms with E-state index < -0.39 is 11.6 Å². The van der Waals surface area contributed by atoms with E-state index in [1.165, 1.54) is 5.56 Å². The summed E-state index contributed by atoms with van der Waals surface area (Å²) in [6, 6.07) is 7.95. The molecule has 1 unspecified atom stereocenters. The first-order valence-electron chi connectivity index (χ1n) is 5.83. The second-order valence-corrected chi connectivity index (χ2v) is 5.14. The van der Waals surface area contributed by atoms with Gasteiger partial charge in [0.05, 0.1) is 12.0 Å². The van der Waals surface area contributed by atoms with Gasteiger partial charge < -0.3 is 10.2 Å². The number of aliphatic hydroxyl groups is 1. The Kier molecular flexibility index (Phi) is 4.29. The maximum Gasteiger partial charge on any atom is 0.306 e. The highest BCUT2D eigenvalue weighted by Crippen LogP contribution is 2.20. The van der Waals surface area contributed by atoms with Crippen molar-refractivity contribution in [1.29, 1.82) is 0 Å². The summed E-state index contributed by atoms with van der Waals surface area (Å²) in [7, 11) is 0. The molecule has 0 radical (unpaired) electrons. The molecule has 0 bridgehead atoms. The van der Waals surface area contributed by atoms with Gasteiger partial charge in [-0.25, -0.2) is 0 Å². The van der Waals surface area contributed by atoms with Gasteiger partial charge in [-0.3, -0.25) is 4.79 Å². The number of hydrogen-bond acceptors (Lipinski definition) is 2. The fourth-order valence-corrected chi connectivity index (χ4v) is 1.85. The van der Waals surface area contributed by atoms with Crippen LogP contribution in [0.25, 0.3) is 0 Å². The molecule has 0 fully saturated rings. The Labute approximate surface area is 102 Å². The van der Waals surface area contributed by atoms with Crippen LogP contribution in [0.5, 0.6) is 0 Å². The van der Waals surface area contributed by atoms with Crippen LogP contribution in [-0.2, 0) is 11.2 Å². The van der Waals surface area contributed by atoms with Crippen LogP contribution < -0.4 is 0 Å². The summed E-state index contributed by atoms with van der Waals surface area (Å²) < 4.78 is 0. The van der Waals surface area contributed by atoms with Gasteiger partial charge in [-0.05, 0) is 24.0 Å². The lowest BCUT2D eigenvalue weighted by molar-refractivity contribution is -0.141. The fraction of sp³-hybridized carbons (Fsp3) is 0.500. The van der Waals surface area contributed by atoms with Gasteiger partial charge in [0.25, 0.3) is 0 Å². The maximum atomic E-state index is 10.6. The quantitative estimate of drug-likeness (QED) is 0.826. The predicted octanol–water partition coefficient (Wildman–Crippen LogP) is 2.58. The van der Waals surface area contributed by atoms with Crippen LogP contribution in [0.3, 0.4) is 0 Å². The molecule has 17 heavy (non-hydrogen) atoms. The largest absolute Gasteiger partial charge is 0.481 e. The molecule has 0 spiro atoms. The molecule has 3 heteroatoms. The average molecular weight is 236 g/mol. The number of benzene rings is 1. The highest BCUT2D eigenvalue weighted by Gasteiger charge is 2.24. The van der Waals surface area contributed by atoms with Crippen LogP contribution in [0.4, 0.5) is 0 Å². The minimum Gasteiger partial charge on any atom is -0.481 e. The molecule has 0 aliphatic rings. The second-order valence-electron chi connectivity index (χ2n) is 5.14. The molecule has 0 heterocycles. The van der Waals surface area contributed by atoms with Crippen LogP contribution in [0.15, 0.2) is 24.3 Å². The molecule has 0 aliphatic heterocycles. The molecular weight excluding hydrogens is 216 g/mol. The van der Waals surface area contributed by atoms with E-state index in [2.05, 4.69) is 13.8 Å². The molecule has 3 nitrogen and oxygen atoms in total. The molecule has 0 saturated heterocycles. The fourth-order valence-electron chi connectivity index (χ4n) is 1.85. The number of hydrogen-bond donors (Lipinski definition) is 2. The van der Waals surface area contributed by atoms with Crippen LogP contribution in [-0.4, -0.2) is 21.8 Å². The minimum atomic E-state index is -1.19. The van der Waals surface area contributed by atoms with Gasteiger partial charge in [0.15, 0.2) is 0 Å². The third-order valence-electron chi connectivity index (χ3n) is 2.76. The number of carbonyl (C=O) groups is 1. The monoisotopic (exact) mass is 236 g/mol. The van der Waals surface area contributed by atoms with Gasteiger partial charge in [-0.2, -0.15) is 0 Å². The number of carboxylic acid groups (broad SMARTS) is 1. The Bertz CT molecular complexity index is 377. The van der Waals surface area contributed by atoms with Crippen molar-refractivity contribution in [2.75, 3.05) is 0 Å². The third kappa shape index (κ3) is 4.57. The average Bonchev–Trinajstić information content (AvgIpc) is 2.15. The molecule has 0 aliphatic carbocycles. The molecule has 1 aromatic rings. The Hall–Kier alpha value is -1.35. The van der Waals surface area contributed by atoms with E-state index in [0.717, 1.165) is 5.56 Å². The summed E-state index contributed by atoms with van der Waals surface area (Å²) in [5.41, 5.74) is 1.01. The van der Waals surface area contributed by atoms with Gasteiger partial charge in [-0.15, -0.1) is 0 Å².